The van der Waals surface area contributed by atoms with Crippen LogP contribution in [0, 0.1) is 5.41 Å². The third kappa shape index (κ3) is 3.78. The van der Waals surface area contributed by atoms with Gasteiger partial charge in [-0.1, -0.05) is 39.3 Å². The SMILES string of the molecule is CCCC1(c2cccc(OC)c2)C(=O)NC(=O)CC1(C)C.CNC. The van der Waals surface area contributed by atoms with Crippen LogP contribution in [0.1, 0.15) is 45.6 Å². The number of ether oxygens (including phenoxy) is 1. The molecule has 1 atom stereocenters. The van der Waals surface area contributed by atoms with E-state index < -0.39 is 10.8 Å². The van der Waals surface area contributed by atoms with Crippen LogP contribution in [-0.2, 0) is 15.0 Å². The van der Waals surface area contributed by atoms with Crippen LogP contribution in [0.3, 0.4) is 0 Å². The lowest BCUT2D eigenvalue weighted by Gasteiger charge is -2.48. The van der Waals surface area contributed by atoms with E-state index in [-0.39, 0.29) is 11.8 Å². The van der Waals surface area contributed by atoms with Gasteiger partial charge in [-0.2, -0.15) is 0 Å². The number of hydrogen-bond acceptors (Lipinski definition) is 4. The van der Waals surface area contributed by atoms with Crippen LogP contribution >= 0.6 is 0 Å². The van der Waals surface area contributed by atoms with Crippen LogP contribution in [0.25, 0.3) is 0 Å². The summed E-state index contributed by atoms with van der Waals surface area (Å²) in [5, 5.41) is 5.28. The molecular formula is C19H30N2O3. The second-order valence-electron chi connectivity index (χ2n) is 6.83. The largest absolute Gasteiger partial charge is 0.497 e. The fraction of sp³-hybridized carbons (Fsp3) is 0.579. The maximum absolute atomic E-state index is 12.8. The normalized spacial score (nSPS) is 22.2. The Morgan fingerprint density at radius 2 is 1.88 bits per heavy atom. The first-order chi connectivity index (χ1) is 11.3. The van der Waals surface area contributed by atoms with Gasteiger partial charge in [0.1, 0.15) is 5.75 Å². The average molecular weight is 334 g/mol. The van der Waals surface area contributed by atoms with Crippen molar-refractivity contribution in [2.75, 3.05) is 21.2 Å². The van der Waals surface area contributed by atoms with Gasteiger partial charge in [-0.3, -0.25) is 14.9 Å². The highest BCUT2D eigenvalue weighted by Crippen LogP contribution is 2.50. The number of rotatable bonds is 4. The van der Waals surface area contributed by atoms with Crippen molar-refractivity contribution in [3.8, 4) is 5.75 Å². The Morgan fingerprint density at radius 1 is 1.25 bits per heavy atom. The molecule has 0 saturated carbocycles. The molecule has 0 bridgehead atoms. The minimum atomic E-state index is -0.704. The van der Waals surface area contributed by atoms with Crippen molar-refractivity contribution in [2.24, 2.45) is 5.41 Å². The molecule has 5 heteroatoms. The average Bonchev–Trinajstić information content (AvgIpc) is 2.51. The van der Waals surface area contributed by atoms with Gasteiger partial charge in [0.15, 0.2) is 0 Å². The summed E-state index contributed by atoms with van der Waals surface area (Å²) in [7, 11) is 5.36. The Balaban J connectivity index is 0.000000891. The first kappa shape index (κ1) is 20.2. The first-order valence-electron chi connectivity index (χ1n) is 8.36. The van der Waals surface area contributed by atoms with Crippen LogP contribution in [0.15, 0.2) is 24.3 Å². The fourth-order valence-corrected chi connectivity index (χ4v) is 3.52. The zero-order valence-corrected chi connectivity index (χ0v) is 15.7. The van der Waals surface area contributed by atoms with Crippen LogP contribution in [0.5, 0.6) is 5.75 Å². The van der Waals surface area contributed by atoms with E-state index in [0.717, 1.165) is 17.7 Å². The molecule has 0 aromatic heterocycles. The van der Waals surface area contributed by atoms with E-state index in [1.54, 1.807) is 7.11 Å². The van der Waals surface area contributed by atoms with E-state index >= 15 is 0 Å². The Labute approximate surface area is 145 Å². The number of methoxy groups -OCH3 is 1. The molecule has 5 nitrogen and oxygen atoms in total. The van der Waals surface area contributed by atoms with Gasteiger partial charge in [-0.25, -0.2) is 0 Å². The maximum atomic E-state index is 12.8. The lowest BCUT2D eigenvalue weighted by Crippen LogP contribution is -2.60. The Bertz CT molecular complexity index is 584. The quantitative estimate of drug-likeness (QED) is 0.831. The van der Waals surface area contributed by atoms with Gasteiger partial charge in [-0.15, -0.1) is 0 Å². The predicted octanol–water partition coefficient (Wildman–Crippen LogP) is 2.64. The highest BCUT2D eigenvalue weighted by molar-refractivity contribution is 6.04. The van der Waals surface area contributed by atoms with E-state index in [9.17, 15) is 9.59 Å². The second kappa shape index (κ2) is 8.29. The summed E-state index contributed by atoms with van der Waals surface area (Å²) >= 11 is 0. The molecule has 134 valence electrons. The molecule has 1 heterocycles. The fourth-order valence-electron chi connectivity index (χ4n) is 3.52. The highest BCUT2D eigenvalue weighted by Gasteiger charge is 2.55. The number of hydrogen-bond donors (Lipinski definition) is 2. The van der Waals surface area contributed by atoms with E-state index in [1.807, 2.05) is 52.2 Å². The first-order valence-corrected chi connectivity index (χ1v) is 8.36. The van der Waals surface area contributed by atoms with Crippen molar-refractivity contribution in [2.45, 2.75) is 45.4 Å². The van der Waals surface area contributed by atoms with Gasteiger partial charge >= 0.3 is 0 Å². The molecule has 0 aliphatic carbocycles. The minimum absolute atomic E-state index is 0.195. The summed E-state index contributed by atoms with van der Waals surface area (Å²) in [5.74, 6) is 0.335. The Kier molecular flexibility index (Phi) is 6.96. The summed E-state index contributed by atoms with van der Waals surface area (Å²) in [6.07, 6.45) is 1.91. The van der Waals surface area contributed by atoms with Gasteiger partial charge in [0.25, 0.3) is 0 Å². The van der Waals surface area contributed by atoms with E-state index in [1.165, 1.54) is 0 Å². The van der Waals surface area contributed by atoms with Gasteiger partial charge in [0.2, 0.25) is 11.8 Å². The zero-order chi connectivity index (χ0) is 18.4. The topological polar surface area (TPSA) is 67.4 Å². The summed E-state index contributed by atoms with van der Waals surface area (Å²) in [4.78, 5) is 24.5. The molecule has 1 unspecified atom stereocenters. The third-order valence-corrected chi connectivity index (χ3v) is 4.59. The van der Waals surface area contributed by atoms with Crippen molar-refractivity contribution >= 4 is 11.8 Å². The summed E-state index contributed by atoms with van der Waals surface area (Å²) in [6, 6.07) is 7.62. The monoisotopic (exact) mass is 334 g/mol. The molecule has 1 saturated heterocycles. The van der Waals surface area contributed by atoms with Crippen molar-refractivity contribution in [3.05, 3.63) is 29.8 Å². The molecule has 1 aromatic carbocycles. The van der Waals surface area contributed by atoms with E-state index in [4.69, 9.17) is 4.74 Å². The second-order valence-corrected chi connectivity index (χ2v) is 6.83. The summed E-state index contributed by atoms with van der Waals surface area (Å²) < 4.78 is 5.29. The molecule has 2 N–H and O–H groups in total. The minimum Gasteiger partial charge on any atom is -0.497 e. The van der Waals surface area contributed by atoms with Crippen LogP contribution < -0.4 is 15.4 Å². The maximum Gasteiger partial charge on any atom is 0.237 e. The third-order valence-electron chi connectivity index (χ3n) is 4.59. The van der Waals surface area contributed by atoms with Crippen molar-refractivity contribution in [1.29, 1.82) is 0 Å². The van der Waals surface area contributed by atoms with Crippen LogP contribution in [-0.4, -0.2) is 33.0 Å². The molecule has 24 heavy (non-hydrogen) atoms. The molecule has 2 rings (SSSR count). The number of nitrogens with one attached hydrogen (secondary N) is 2. The van der Waals surface area contributed by atoms with Gasteiger partial charge in [0.05, 0.1) is 12.5 Å². The Morgan fingerprint density at radius 3 is 2.38 bits per heavy atom. The number of imide groups is 1. The molecule has 1 aliphatic heterocycles. The lowest BCUT2D eigenvalue weighted by molar-refractivity contribution is -0.145. The van der Waals surface area contributed by atoms with Crippen LogP contribution in [0.2, 0.25) is 0 Å². The molecular weight excluding hydrogens is 304 g/mol. The number of carbonyl (C=O) groups excluding carboxylic acids is 2. The van der Waals surface area contributed by atoms with Crippen molar-refractivity contribution < 1.29 is 14.3 Å². The zero-order valence-electron chi connectivity index (χ0n) is 15.7. The smallest absolute Gasteiger partial charge is 0.237 e. The molecule has 1 aromatic rings. The lowest BCUT2D eigenvalue weighted by atomic mass is 9.56. The number of amides is 2. The molecule has 0 spiro atoms. The number of benzene rings is 1. The standard InChI is InChI=1S/C17H23NO3.C2H7N/c1-5-9-17(12-7-6-8-13(10-12)21-4)15(20)18-14(19)11-16(17,2)3;1-3-2/h6-8,10H,5,9,11H2,1-4H3,(H,18,19,20);3H,1-2H3. The van der Waals surface area contributed by atoms with Crippen molar-refractivity contribution in [1.82, 2.24) is 10.6 Å². The van der Waals surface area contributed by atoms with Gasteiger partial charge in [0, 0.05) is 6.42 Å². The Hall–Kier alpha value is -1.88. The van der Waals surface area contributed by atoms with E-state index in [0.29, 0.717) is 12.8 Å². The molecule has 0 radical (unpaired) electrons. The van der Waals surface area contributed by atoms with Gasteiger partial charge in [-0.05, 0) is 43.6 Å². The van der Waals surface area contributed by atoms with Crippen LogP contribution in [0.4, 0.5) is 0 Å². The number of carbonyl (C=O) groups is 2. The van der Waals surface area contributed by atoms with Crippen molar-refractivity contribution in [3.63, 3.8) is 0 Å². The summed E-state index contributed by atoms with van der Waals surface area (Å²) in [6.45, 7) is 6.05. The van der Waals surface area contributed by atoms with E-state index in [2.05, 4.69) is 17.6 Å². The summed E-state index contributed by atoms with van der Waals surface area (Å²) in [5.41, 5.74) is -0.224. The van der Waals surface area contributed by atoms with Gasteiger partial charge < -0.3 is 10.1 Å². The number of piperidine rings is 1. The highest BCUT2D eigenvalue weighted by atomic mass is 16.5. The molecule has 1 fully saturated rings. The molecule has 2 amide bonds. The molecule has 1 aliphatic rings. The predicted molar refractivity (Wildman–Crippen MR) is 96.1 cm³/mol.